The number of para-hydroxylation sites is 1. The molecule has 0 bridgehead atoms. The fourth-order valence-electron chi connectivity index (χ4n) is 1.77. The molecule has 0 atom stereocenters. The van der Waals surface area contributed by atoms with Crippen LogP contribution in [0, 0.1) is 0 Å². The van der Waals surface area contributed by atoms with Gasteiger partial charge in [0, 0.05) is 6.54 Å². The van der Waals surface area contributed by atoms with Gasteiger partial charge in [-0.2, -0.15) is 0 Å². The molecule has 1 heterocycles. The Morgan fingerprint density at radius 1 is 1.37 bits per heavy atom. The van der Waals surface area contributed by atoms with Gasteiger partial charge in [-0.25, -0.2) is 0 Å². The topological polar surface area (TPSA) is 51.5 Å². The van der Waals surface area contributed by atoms with Gasteiger partial charge in [0.15, 0.2) is 0 Å². The standard InChI is InChI=1S/C14H14ClNO3/c1-18-12-5-3-2-4-10(12)6-8-16-14(17)11-7-9-19-13(11)15/h2-5,7,9H,6,8H2,1H3,(H,16,17). The Labute approximate surface area is 116 Å². The summed E-state index contributed by atoms with van der Waals surface area (Å²) in [5.74, 6) is 0.576. The van der Waals surface area contributed by atoms with Crippen molar-refractivity contribution >= 4 is 17.5 Å². The van der Waals surface area contributed by atoms with E-state index in [1.54, 1.807) is 13.2 Å². The number of amides is 1. The van der Waals surface area contributed by atoms with E-state index in [2.05, 4.69) is 5.32 Å². The molecule has 0 fully saturated rings. The number of ether oxygens (including phenoxy) is 1. The van der Waals surface area contributed by atoms with Crippen LogP contribution < -0.4 is 10.1 Å². The molecule has 1 amide bonds. The molecule has 0 radical (unpaired) electrons. The van der Waals surface area contributed by atoms with Crippen LogP contribution in [0.2, 0.25) is 5.22 Å². The maximum absolute atomic E-state index is 11.8. The Hall–Kier alpha value is -1.94. The van der Waals surface area contributed by atoms with Gasteiger partial charge in [0.1, 0.15) is 5.75 Å². The van der Waals surface area contributed by atoms with Crippen LogP contribution in [0.3, 0.4) is 0 Å². The predicted molar refractivity (Wildman–Crippen MR) is 72.7 cm³/mol. The number of nitrogens with one attached hydrogen (secondary N) is 1. The van der Waals surface area contributed by atoms with Gasteiger partial charge in [-0.05, 0) is 35.7 Å². The van der Waals surface area contributed by atoms with Gasteiger partial charge in [-0.15, -0.1) is 0 Å². The van der Waals surface area contributed by atoms with Crippen molar-refractivity contribution in [2.45, 2.75) is 6.42 Å². The lowest BCUT2D eigenvalue weighted by molar-refractivity contribution is 0.0953. The smallest absolute Gasteiger partial charge is 0.256 e. The summed E-state index contributed by atoms with van der Waals surface area (Å²) in [7, 11) is 1.63. The minimum absolute atomic E-state index is 0.106. The van der Waals surface area contributed by atoms with E-state index in [1.807, 2.05) is 24.3 Å². The Bertz CT molecular complexity index is 565. The van der Waals surface area contributed by atoms with Crippen molar-refractivity contribution < 1.29 is 13.9 Å². The molecule has 2 rings (SSSR count). The number of methoxy groups -OCH3 is 1. The van der Waals surface area contributed by atoms with Crippen molar-refractivity contribution in [1.82, 2.24) is 5.32 Å². The van der Waals surface area contributed by atoms with Crippen molar-refractivity contribution in [3.63, 3.8) is 0 Å². The fourth-order valence-corrected chi connectivity index (χ4v) is 1.97. The molecule has 0 spiro atoms. The average molecular weight is 280 g/mol. The molecule has 0 aliphatic rings. The van der Waals surface area contributed by atoms with E-state index in [-0.39, 0.29) is 11.1 Å². The first-order valence-corrected chi connectivity index (χ1v) is 6.23. The molecular formula is C14H14ClNO3. The molecule has 0 saturated heterocycles. The Morgan fingerprint density at radius 2 is 2.16 bits per heavy atom. The number of halogens is 1. The summed E-state index contributed by atoms with van der Waals surface area (Å²) in [6.07, 6.45) is 2.07. The summed E-state index contributed by atoms with van der Waals surface area (Å²) in [6.45, 7) is 0.501. The normalized spacial score (nSPS) is 10.2. The van der Waals surface area contributed by atoms with Crippen molar-refractivity contribution in [2.24, 2.45) is 0 Å². The number of carbonyl (C=O) groups is 1. The van der Waals surface area contributed by atoms with Crippen LogP contribution in [0.15, 0.2) is 41.0 Å². The molecule has 5 heteroatoms. The SMILES string of the molecule is COc1ccccc1CCNC(=O)c1ccoc1Cl. The third-order valence-corrected chi connectivity index (χ3v) is 3.03. The Morgan fingerprint density at radius 3 is 2.84 bits per heavy atom. The summed E-state index contributed by atoms with van der Waals surface area (Å²) < 4.78 is 10.1. The van der Waals surface area contributed by atoms with Crippen LogP contribution >= 0.6 is 11.6 Å². The molecule has 4 nitrogen and oxygen atoms in total. The summed E-state index contributed by atoms with van der Waals surface area (Å²) in [4.78, 5) is 11.8. The first-order valence-electron chi connectivity index (χ1n) is 5.85. The molecule has 0 aliphatic carbocycles. The average Bonchev–Trinajstić information content (AvgIpc) is 2.85. The van der Waals surface area contributed by atoms with Crippen LogP contribution in [-0.2, 0) is 6.42 Å². The number of furan rings is 1. The quantitative estimate of drug-likeness (QED) is 0.915. The van der Waals surface area contributed by atoms with Gasteiger partial charge >= 0.3 is 0 Å². The van der Waals surface area contributed by atoms with Crippen LogP contribution in [0.5, 0.6) is 5.75 Å². The number of hydrogen-bond donors (Lipinski definition) is 1. The first-order chi connectivity index (χ1) is 9.22. The van der Waals surface area contributed by atoms with Crippen molar-refractivity contribution in [1.29, 1.82) is 0 Å². The Balaban J connectivity index is 1.90. The van der Waals surface area contributed by atoms with Gasteiger partial charge in [0.25, 0.3) is 5.91 Å². The molecule has 0 aliphatic heterocycles. The van der Waals surface area contributed by atoms with Crippen molar-refractivity contribution in [3.8, 4) is 5.75 Å². The molecule has 0 saturated carbocycles. The third-order valence-electron chi connectivity index (χ3n) is 2.74. The van der Waals surface area contributed by atoms with E-state index in [1.165, 1.54) is 6.26 Å². The summed E-state index contributed by atoms with van der Waals surface area (Å²) in [6, 6.07) is 9.25. The Kier molecular flexibility index (Phi) is 4.47. The van der Waals surface area contributed by atoms with Gasteiger partial charge in [-0.1, -0.05) is 18.2 Å². The number of hydrogen-bond acceptors (Lipinski definition) is 3. The molecule has 100 valence electrons. The van der Waals surface area contributed by atoms with E-state index >= 15 is 0 Å². The highest BCUT2D eigenvalue weighted by atomic mass is 35.5. The maximum Gasteiger partial charge on any atom is 0.256 e. The zero-order valence-electron chi connectivity index (χ0n) is 10.5. The zero-order chi connectivity index (χ0) is 13.7. The first kappa shape index (κ1) is 13.5. The fraction of sp³-hybridized carbons (Fsp3) is 0.214. The molecule has 0 unspecified atom stereocenters. The van der Waals surface area contributed by atoms with Crippen molar-refractivity contribution in [2.75, 3.05) is 13.7 Å². The van der Waals surface area contributed by atoms with Crippen LogP contribution in [0.4, 0.5) is 0 Å². The van der Waals surface area contributed by atoms with Crippen LogP contribution in [0.1, 0.15) is 15.9 Å². The van der Waals surface area contributed by atoms with E-state index < -0.39 is 0 Å². The van der Waals surface area contributed by atoms with Crippen LogP contribution in [-0.4, -0.2) is 19.6 Å². The van der Waals surface area contributed by atoms with Gasteiger partial charge < -0.3 is 14.5 Å². The minimum Gasteiger partial charge on any atom is -0.496 e. The second kappa shape index (κ2) is 6.29. The lowest BCUT2D eigenvalue weighted by Crippen LogP contribution is -2.25. The molecular weight excluding hydrogens is 266 g/mol. The summed E-state index contributed by atoms with van der Waals surface area (Å²) in [5, 5.41) is 2.89. The van der Waals surface area contributed by atoms with E-state index in [0.717, 1.165) is 11.3 Å². The van der Waals surface area contributed by atoms with E-state index in [0.29, 0.717) is 18.5 Å². The maximum atomic E-state index is 11.8. The second-order valence-corrected chi connectivity index (χ2v) is 4.27. The third kappa shape index (κ3) is 3.29. The zero-order valence-corrected chi connectivity index (χ0v) is 11.2. The number of carbonyl (C=O) groups excluding carboxylic acids is 1. The van der Waals surface area contributed by atoms with Gasteiger partial charge in [0.05, 0.1) is 18.9 Å². The number of rotatable bonds is 5. The largest absolute Gasteiger partial charge is 0.496 e. The summed E-state index contributed by atoms with van der Waals surface area (Å²) >= 11 is 5.73. The highest BCUT2D eigenvalue weighted by Gasteiger charge is 2.12. The van der Waals surface area contributed by atoms with Gasteiger partial charge in [0.2, 0.25) is 5.22 Å². The predicted octanol–water partition coefficient (Wildman–Crippen LogP) is 2.91. The van der Waals surface area contributed by atoms with Crippen LogP contribution in [0.25, 0.3) is 0 Å². The number of benzene rings is 1. The van der Waals surface area contributed by atoms with E-state index in [9.17, 15) is 4.79 Å². The monoisotopic (exact) mass is 279 g/mol. The molecule has 2 aromatic rings. The molecule has 1 N–H and O–H groups in total. The molecule has 1 aromatic carbocycles. The lowest BCUT2D eigenvalue weighted by Gasteiger charge is -2.08. The van der Waals surface area contributed by atoms with E-state index in [4.69, 9.17) is 20.8 Å². The molecule has 1 aromatic heterocycles. The minimum atomic E-state index is -0.242. The summed E-state index contributed by atoms with van der Waals surface area (Å²) in [5.41, 5.74) is 1.39. The van der Waals surface area contributed by atoms with Crippen molar-refractivity contribution in [3.05, 3.63) is 52.9 Å². The highest BCUT2D eigenvalue weighted by Crippen LogP contribution is 2.18. The highest BCUT2D eigenvalue weighted by molar-refractivity contribution is 6.32. The van der Waals surface area contributed by atoms with Gasteiger partial charge in [-0.3, -0.25) is 4.79 Å². The lowest BCUT2D eigenvalue weighted by atomic mass is 10.1. The molecule has 19 heavy (non-hydrogen) atoms. The second-order valence-electron chi connectivity index (χ2n) is 3.93.